The Bertz CT molecular complexity index is 1180. The molecule has 210 valence electrons. The fraction of sp³-hybridized carbons (Fsp3) is 0.480. The first-order valence-electron chi connectivity index (χ1n) is 12.3. The van der Waals surface area contributed by atoms with Crippen LogP contribution < -0.4 is 10.4 Å². The molecule has 1 aliphatic carbocycles. The van der Waals surface area contributed by atoms with Gasteiger partial charge in [0.15, 0.2) is 5.82 Å². The van der Waals surface area contributed by atoms with Gasteiger partial charge in [-0.15, -0.1) is 0 Å². The highest BCUT2D eigenvalue weighted by Gasteiger charge is 2.38. The topological polar surface area (TPSA) is 126 Å². The number of carbonyl (C=O) groups is 2. The number of aliphatic carboxylic acids is 1. The Kier molecular flexibility index (Phi) is 10.8. The number of nitriles is 1. The van der Waals surface area contributed by atoms with Crippen LogP contribution in [0.4, 0.5) is 19.0 Å². The third-order valence-corrected chi connectivity index (χ3v) is 6.91. The van der Waals surface area contributed by atoms with E-state index in [0.717, 1.165) is 58.4 Å². The van der Waals surface area contributed by atoms with Crippen LogP contribution in [0, 0.1) is 11.3 Å². The molecule has 14 heteroatoms. The van der Waals surface area contributed by atoms with Crippen molar-refractivity contribution < 1.29 is 27.9 Å². The van der Waals surface area contributed by atoms with E-state index in [1.54, 1.807) is 0 Å². The molecule has 2 fully saturated rings. The second-order valence-corrected chi connectivity index (χ2v) is 10.2. The second-order valence-electron chi connectivity index (χ2n) is 9.31. The van der Waals surface area contributed by atoms with E-state index in [1.807, 2.05) is 30.3 Å². The minimum atomic E-state index is -5.08. The van der Waals surface area contributed by atoms with E-state index in [1.165, 1.54) is 16.8 Å². The molecular weight excluding hydrogens is 583 g/mol. The van der Waals surface area contributed by atoms with Crippen molar-refractivity contribution in [1.29, 1.82) is 5.26 Å². The van der Waals surface area contributed by atoms with Crippen molar-refractivity contribution in [3.8, 4) is 6.07 Å². The van der Waals surface area contributed by atoms with Gasteiger partial charge in [-0.05, 0) is 53.5 Å². The lowest BCUT2D eigenvalue weighted by Gasteiger charge is -2.32. The van der Waals surface area contributed by atoms with Crippen LogP contribution in [0.5, 0.6) is 0 Å². The number of anilines is 1. The Hall–Kier alpha value is -3.12. The number of piperazine rings is 1. The van der Waals surface area contributed by atoms with Crippen LogP contribution in [0.3, 0.4) is 0 Å². The van der Waals surface area contributed by atoms with Gasteiger partial charge in [-0.1, -0.05) is 25.0 Å². The average molecular weight is 612 g/mol. The summed E-state index contributed by atoms with van der Waals surface area (Å²) in [6, 6.07) is 9.94. The molecule has 2 aliphatic rings. The number of carbonyl (C=O) groups excluding carboxylic acids is 1. The Labute approximate surface area is 232 Å². The third kappa shape index (κ3) is 8.96. The zero-order valence-corrected chi connectivity index (χ0v) is 22.9. The number of carboxylic acid groups (broad SMARTS) is 1. The molecule has 2 heterocycles. The summed E-state index contributed by atoms with van der Waals surface area (Å²) in [6.07, 6.45) is 0.698. The van der Waals surface area contributed by atoms with E-state index in [9.17, 15) is 23.2 Å². The second kappa shape index (κ2) is 13.8. The fourth-order valence-corrected chi connectivity index (χ4v) is 4.54. The standard InChI is InChI=1S/C23H28BrN7O.C2HF3O2/c1-29-10-12-30(13-11-29)16-17-6-8-18(9-7-17)23(32)31(28-19-4-2-3-5-19)22-20(24)15-26-21(14-25)27-22;3-2(4,5)1(6)7/h6-9,15,19,28H,2-5,10-13,16H2,1H3;(H,6,7). The van der Waals surface area contributed by atoms with E-state index >= 15 is 0 Å². The van der Waals surface area contributed by atoms with E-state index in [0.29, 0.717) is 15.9 Å². The van der Waals surface area contributed by atoms with Crippen molar-refractivity contribution in [2.75, 3.05) is 38.2 Å². The molecule has 0 atom stereocenters. The monoisotopic (exact) mass is 611 g/mol. The van der Waals surface area contributed by atoms with E-state index < -0.39 is 12.1 Å². The van der Waals surface area contributed by atoms with Gasteiger partial charge < -0.3 is 10.0 Å². The number of benzene rings is 1. The van der Waals surface area contributed by atoms with E-state index in [4.69, 9.17) is 9.90 Å². The van der Waals surface area contributed by atoms with Crippen LogP contribution in [-0.2, 0) is 11.3 Å². The first-order chi connectivity index (χ1) is 18.5. The number of hydrazine groups is 1. The summed E-state index contributed by atoms with van der Waals surface area (Å²) in [5.41, 5.74) is 5.11. The highest BCUT2D eigenvalue weighted by Crippen LogP contribution is 2.26. The molecule has 0 radical (unpaired) electrons. The number of nitrogens with one attached hydrogen (secondary N) is 1. The van der Waals surface area contributed by atoms with Gasteiger partial charge in [0.1, 0.15) is 6.07 Å². The first-order valence-corrected chi connectivity index (χ1v) is 13.1. The Balaban J connectivity index is 0.000000532. The molecule has 4 rings (SSSR count). The number of amides is 1. The van der Waals surface area contributed by atoms with Crippen molar-refractivity contribution >= 4 is 33.6 Å². The van der Waals surface area contributed by atoms with Gasteiger partial charge >= 0.3 is 12.1 Å². The van der Waals surface area contributed by atoms with Crippen molar-refractivity contribution in [3.63, 3.8) is 0 Å². The van der Waals surface area contributed by atoms with E-state index in [2.05, 4.69) is 48.2 Å². The highest BCUT2D eigenvalue weighted by atomic mass is 79.9. The van der Waals surface area contributed by atoms with Gasteiger partial charge in [0, 0.05) is 50.5 Å². The predicted molar refractivity (Wildman–Crippen MR) is 140 cm³/mol. The SMILES string of the molecule is CN1CCN(Cc2ccc(C(=O)N(NC3CCCC3)c3nc(C#N)ncc3Br)cc2)CC1.O=C(O)C(F)(F)F. The van der Waals surface area contributed by atoms with Gasteiger partial charge in [0.2, 0.25) is 5.82 Å². The average Bonchev–Trinajstić information content (AvgIpc) is 3.42. The summed E-state index contributed by atoms with van der Waals surface area (Å²) < 4.78 is 32.3. The molecular formula is C25H29BrF3N7O3. The van der Waals surface area contributed by atoms with Crippen LogP contribution in [0.2, 0.25) is 0 Å². The van der Waals surface area contributed by atoms with Gasteiger partial charge in [-0.2, -0.15) is 23.4 Å². The molecule has 2 aromatic rings. The summed E-state index contributed by atoms with van der Waals surface area (Å²) in [5, 5.41) is 17.8. The molecule has 1 aromatic heterocycles. The van der Waals surface area contributed by atoms with Crippen LogP contribution in [0.1, 0.15) is 47.4 Å². The Morgan fingerprint density at radius 2 is 1.77 bits per heavy atom. The molecule has 0 unspecified atom stereocenters. The Morgan fingerprint density at radius 1 is 1.18 bits per heavy atom. The van der Waals surface area contributed by atoms with Crippen molar-refractivity contribution in [1.82, 2.24) is 25.2 Å². The van der Waals surface area contributed by atoms with Gasteiger partial charge in [0.05, 0.1) is 4.47 Å². The number of alkyl halides is 3. The molecule has 39 heavy (non-hydrogen) atoms. The largest absolute Gasteiger partial charge is 0.490 e. The number of halogens is 4. The number of hydrogen-bond acceptors (Lipinski definition) is 8. The van der Waals surface area contributed by atoms with Crippen molar-refractivity contribution in [2.45, 2.75) is 44.4 Å². The highest BCUT2D eigenvalue weighted by molar-refractivity contribution is 9.10. The van der Waals surface area contributed by atoms with Crippen LogP contribution in [0.25, 0.3) is 0 Å². The molecule has 2 N–H and O–H groups in total. The van der Waals surface area contributed by atoms with E-state index in [-0.39, 0.29) is 17.8 Å². The quantitative estimate of drug-likeness (QED) is 0.471. The van der Waals surface area contributed by atoms with Gasteiger partial charge in [-0.3, -0.25) is 9.69 Å². The van der Waals surface area contributed by atoms with Crippen LogP contribution in [0.15, 0.2) is 34.9 Å². The van der Waals surface area contributed by atoms with Crippen molar-refractivity contribution in [3.05, 3.63) is 51.9 Å². The maximum Gasteiger partial charge on any atom is 0.490 e. The molecule has 0 spiro atoms. The summed E-state index contributed by atoms with van der Waals surface area (Å²) in [4.78, 5) is 35.5. The summed E-state index contributed by atoms with van der Waals surface area (Å²) in [7, 11) is 2.15. The number of likely N-dealkylation sites (N-methyl/N-ethyl adjacent to an activating group) is 1. The van der Waals surface area contributed by atoms with Crippen molar-refractivity contribution in [2.24, 2.45) is 0 Å². The summed E-state index contributed by atoms with van der Waals surface area (Å²) in [5.74, 6) is -2.58. The number of aromatic nitrogens is 2. The van der Waals surface area contributed by atoms with Gasteiger partial charge in [-0.25, -0.2) is 20.2 Å². The minimum absolute atomic E-state index is 0.0248. The zero-order chi connectivity index (χ0) is 28.6. The third-order valence-electron chi connectivity index (χ3n) is 6.35. The molecule has 1 aliphatic heterocycles. The number of carboxylic acids is 1. The van der Waals surface area contributed by atoms with Crippen LogP contribution >= 0.6 is 15.9 Å². The smallest absolute Gasteiger partial charge is 0.475 e. The first kappa shape index (κ1) is 30.4. The molecule has 1 aromatic carbocycles. The number of hydrogen-bond donors (Lipinski definition) is 2. The molecule has 1 amide bonds. The van der Waals surface area contributed by atoms with Crippen LogP contribution in [-0.4, -0.2) is 82.2 Å². The Morgan fingerprint density at radius 3 is 2.31 bits per heavy atom. The summed E-state index contributed by atoms with van der Waals surface area (Å²) >= 11 is 3.44. The normalized spacial score (nSPS) is 16.7. The lowest BCUT2D eigenvalue weighted by molar-refractivity contribution is -0.192. The molecule has 0 bridgehead atoms. The maximum absolute atomic E-state index is 13.5. The minimum Gasteiger partial charge on any atom is -0.475 e. The zero-order valence-electron chi connectivity index (χ0n) is 21.3. The van der Waals surface area contributed by atoms with Gasteiger partial charge in [0.25, 0.3) is 5.91 Å². The lowest BCUT2D eigenvalue weighted by atomic mass is 10.1. The molecule has 10 nitrogen and oxygen atoms in total. The predicted octanol–water partition coefficient (Wildman–Crippen LogP) is 3.59. The molecule has 1 saturated heterocycles. The number of rotatable bonds is 6. The molecule has 1 saturated carbocycles. The maximum atomic E-state index is 13.5. The fourth-order valence-electron chi connectivity index (χ4n) is 4.17. The number of nitrogens with zero attached hydrogens (tertiary/aromatic N) is 6. The lowest BCUT2D eigenvalue weighted by Crippen LogP contribution is -2.48. The summed E-state index contributed by atoms with van der Waals surface area (Å²) in [6.45, 7) is 5.15.